The largest absolute Gasteiger partial charge is 0.458 e. The van der Waals surface area contributed by atoms with E-state index in [0.29, 0.717) is 29.7 Å². The van der Waals surface area contributed by atoms with Crippen LogP contribution in [0.15, 0.2) is 291 Å². The molecule has 109 heavy (non-hydrogen) atoms. The Morgan fingerprint density at radius 2 is 0.844 bits per heavy atom. The van der Waals surface area contributed by atoms with Crippen molar-refractivity contribution in [3.8, 4) is 45.3 Å². The van der Waals surface area contributed by atoms with Crippen LogP contribution in [0.25, 0.3) is 22.3 Å². The number of hydrogen-bond donors (Lipinski definition) is 0. The highest BCUT2D eigenvalue weighted by molar-refractivity contribution is 7.00. The Morgan fingerprint density at radius 3 is 1.49 bits per heavy atom. The molecule has 530 valence electrons. The van der Waals surface area contributed by atoms with Gasteiger partial charge in [-0.1, -0.05) is 292 Å². The van der Waals surface area contributed by atoms with Crippen LogP contribution < -0.4 is 61.9 Å². The molecule has 6 nitrogen and oxygen atoms in total. The molecule has 3 saturated carbocycles. The molecular formula is C101H88B2N4O2. The van der Waals surface area contributed by atoms with Crippen molar-refractivity contribution in [1.82, 2.24) is 0 Å². The average Bonchev–Trinajstić information content (AvgIpc) is 1.61. The van der Waals surface area contributed by atoms with Crippen LogP contribution in [0.5, 0.6) is 23.0 Å². The summed E-state index contributed by atoms with van der Waals surface area (Å²) in [5, 5.41) is 0. The number of fused-ring (bicyclic) bond motifs is 17. The summed E-state index contributed by atoms with van der Waals surface area (Å²) in [4.78, 5) is 10.7. The summed E-state index contributed by atoms with van der Waals surface area (Å²) < 4.78 is 15.8. The predicted octanol–water partition coefficient (Wildman–Crippen LogP) is 22.7. The molecule has 13 aromatic carbocycles. The zero-order valence-corrected chi connectivity index (χ0v) is 62.6. The topological polar surface area (TPSA) is 31.4 Å². The van der Waals surface area contributed by atoms with Crippen LogP contribution in [0.3, 0.4) is 0 Å². The Hall–Kier alpha value is -11.2. The van der Waals surface area contributed by atoms with Gasteiger partial charge in [0.25, 0.3) is 13.4 Å². The summed E-state index contributed by atoms with van der Waals surface area (Å²) in [6.07, 6.45) is 17.2. The van der Waals surface area contributed by atoms with Crippen molar-refractivity contribution in [2.45, 2.75) is 121 Å². The summed E-state index contributed by atoms with van der Waals surface area (Å²) in [6.45, 7) is 7.02. The van der Waals surface area contributed by atoms with Crippen LogP contribution >= 0.6 is 0 Å². The fraction of sp³-hybridized carbons (Fsp3) is 0.228. The van der Waals surface area contributed by atoms with Gasteiger partial charge in [0.15, 0.2) is 0 Å². The SMILES string of the molecule is CC(C)(C)c1cc2c3c(c1)N(C1C(C4CCCCC4)CCCC1C1CCCCC1)c1cc4c(cc1B3c1ccccc1N2c1ccccc1)C1(c2cc3c(cc2O4)N(c2ccccc2)c2cc(N(c4ccccc4)c4ccccc4-c4ccccc4)cc4c2B3c2ccccc2O4)c2ccccc2-c2ccccc21. The third-order valence-corrected chi connectivity index (χ3v) is 27.0. The van der Waals surface area contributed by atoms with Gasteiger partial charge >= 0.3 is 0 Å². The first-order valence-electron chi connectivity index (χ1n) is 40.7. The third-order valence-electron chi connectivity index (χ3n) is 27.0. The van der Waals surface area contributed by atoms with Gasteiger partial charge in [-0.25, -0.2) is 0 Å². The fourth-order valence-electron chi connectivity index (χ4n) is 22.5. The molecule has 5 heterocycles. The zero-order chi connectivity index (χ0) is 72.2. The van der Waals surface area contributed by atoms with Gasteiger partial charge in [0.1, 0.15) is 23.0 Å². The summed E-state index contributed by atoms with van der Waals surface area (Å²) in [5.41, 5.74) is 30.6. The van der Waals surface area contributed by atoms with E-state index in [9.17, 15) is 0 Å². The highest BCUT2D eigenvalue weighted by atomic mass is 16.5. The molecule has 0 saturated heterocycles. The minimum Gasteiger partial charge on any atom is -0.458 e. The van der Waals surface area contributed by atoms with Crippen LogP contribution in [0, 0.1) is 23.7 Å². The molecule has 4 aliphatic carbocycles. The number of hydrogen-bond acceptors (Lipinski definition) is 6. The predicted molar refractivity (Wildman–Crippen MR) is 454 cm³/mol. The maximum absolute atomic E-state index is 8.35. The number of anilines is 11. The van der Waals surface area contributed by atoms with Gasteiger partial charge in [0, 0.05) is 92.1 Å². The molecule has 0 amide bonds. The van der Waals surface area contributed by atoms with Crippen LogP contribution in [0.4, 0.5) is 62.6 Å². The normalized spacial score (nSPS) is 18.8. The summed E-state index contributed by atoms with van der Waals surface area (Å²) >= 11 is 0. The van der Waals surface area contributed by atoms with E-state index in [0.717, 1.165) is 84.7 Å². The van der Waals surface area contributed by atoms with Crippen molar-refractivity contribution < 1.29 is 9.47 Å². The van der Waals surface area contributed by atoms with E-state index in [-0.39, 0.29) is 18.8 Å². The molecule has 8 heteroatoms. The zero-order valence-electron chi connectivity index (χ0n) is 62.6. The second-order valence-corrected chi connectivity index (χ2v) is 33.7. The monoisotopic (exact) mass is 1410 g/mol. The van der Waals surface area contributed by atoms with E-state index in [4.69, 9.17) is 9.47 Å². The number of benzene rings is 13. The summed E-state index contributed by atoms with van der Waals surface area (Å²) in [5.74, 6) is 5.96. The molecule has 5 aliphatic heterocycles. The van der Waals surface area contributed by atoms with Crippen LogP contribution in [0.1, 0.15) is 132 Å². The standard InChI is InChI=1S/C101H88B2N4O2/c1-100(2,3)68-57-90-97-91(58-68)107(99-74(66-35-12-5-13-36-66)48-32-49-75(99)67-37-14-6-15-38-67)89-64-95-81(62-85(89)102(97)82-52-27-30-55-87(82)105(90)70-41-18-8-19-42-70)101(78-50-25-22-46-76(78)77-47-23-26-51-79(77)101)80-61-84-88(63-94(80)109-95)106(71-43-20-9-21-44-71)92-59-72(60-96-98(92)103(84)83-53-28-31-56-93(83)108-96)104(69-39-16-7-17-40-69)86-54-29-24-45-73(86)65-33-10-4-11-34-65/h4,7-11,16-31,33-34,39-47,50-64,66-67,74-75,99H,5-6,12-15,32,35-38,48-49H2,1-3H3. The molecule has 0 aromatic heterocycles. The van der Waals surface area contributed by atoms with Crippen LogP contribution in [-0.2, 0) is 10.8 Å². The van der Waals surface area contributed by atoms with Crippen molar-refractivity contribution in [2.75, 3.05) is 19.6 Å². The van der Waals surface area contributed by atoms with Crippen molar-refractivity contribution in [3.05, 3.63) is 319 Å². The molecule has 2 unspecified atom stereocenters. The molecular weight excluding hydrogens is 1320 g/mol. The fourth-order valence-corrected chi connectivity index (χ4v) is 22.5. The lowest BCUT2D eigenvalue weighted by Gasteiger charge is -2.55. The smallest absolute Gasteiger partial charge is 0.256 e. The molecule has 2 atom stereocenters. The first-order chi connectivity index (χ1) is 53.7. The molecule has 22 rings (SSSR count). The van der Waals surface area contributed by atoms with E-state index >= 15 is 0 Å². The lowest BCUT2D eigenvalue weighted by atomic mass is 9.33. The maximum Gasteiger partial charge on any atom is 0.256 e. The Balaban J connectivity index is 0.832. The molecule has 9 aliphatic rings. The molecule has 0 bridgehead atoms. The molecule has 3 fully saturated rings. The lowest BCUT2D eigenvalue weighted by molar-refractivity contribution is 0.0839. The Bertz CT molecular complexity index is 5690. The van der Waals surface area contributed by atoms with Gasteiger partial charge in [-0.05, 0) is 181 Å². The Kier molecular flexibility index (Phi) is 15.2. The van der Waals surface area contributed by atoms with E-state index in [1.54, 1.807) is 0 Å². The number of nitrogens with zero attached hydrogens (tertiary/aromatic N) is 4. The maximum atomic E-state index is 8.35. The summed E-state index contributed by atoms with van der Waals surface area (Å²) in [6, 6.07) is 111. The van der Waals surface area contributed by atoms with E-state index in [1.807, 2.05) is 0 Å². The van der Waals surface area contributed by atoms with Crippen molar-refractivity contribution in [2.24, 2.45) is 23.7 Å². The Labute approximate surface area is 642 Å². The quantitative estimate of drug-likeness (QED) is 0.134. The second kappa shape index (κ2) is 25.5. The first kappa shape index (κ1) is 64.9. The van der Waals surface area contributed by atoms with Gasteiger partial charge in [0.05, 0.1) is 16.8 Å². The molecule has 1 spiro atoms. The molecule has 13 aromatic rings. The van der Waals surface area contributed by atoms with Crippen molar-refractivity contribution >= 4 is 109 Å². The minimum absolute atomic E-state index is 0.0897. The number of para-hydroxylation sites is 6. The molecule has 0 N–H and O–H groups in total. The molecule has 0 radical (unpaired) electrons. The highest BCUT2D eigenvalue weighted by Gasteiger charge is 2.57. The highest BCUT2D eigenvalue weighted by Crippen LogP contribution is 2.65. The van der Waals surface area contributed by atoms with Crippen LogP contribution in [0.2, 0.25) is 0 Å². The number of ether oxygens (including phenoxy) is 2. The summed E-state index contributed by atoms with van der Waals surface area (Å²) in [7, 11) is 0. The van der Waals surface area contributed by atoms with E-state index in [1.165, 1.54) is 167 Å². The van der Waals surface area contributed by atoms with Crippen LogP contribution in [-0.4, -0.2) is 19.5 Å². The van der Waals surface area contributed by atoms with Gasteiger partial charge in [-0.3, -0.25) is 0 Å². The average molecular weight is 1410 g/mol. The third kappa shape index (κ3) is 9.94. The second-order valence-electron chi connectivity index (χ2n) is 33.7. The van der Waals surface area contributed by atoms with Crippen molar-refractivity contribution in [3.63, 3.8) is 0 Å². The van der Waals surface area contributed by atoms with E-state index < -0.39 is 5.41 Å². The number of rotatable bonds is 9. The first-order valence-corrected chi connectivity index (χ1v) is 40.7. The van der Waals surface area contributed by atoms with Gasteiger partial charge < -0.3 is 29.1 Å². The van der Waals surface area contributed by atoms with E-state index in [2.05, 4.69) is 332 Å². The van der Waals surface area contributed by atoms with Crippen molar-refractivity contribution in [1.29, 1.82) is 0 Å². The Morgan fingerprint density at radius 1 is 0.349 bits per heavy atom. The van der Waals surface area contributed by atoms with Gasteiger partial charge in [-0.2, -0.15) is 0 Å². The van der Waals surface area contributed by atoms with Gasteiger partial charge in [0.2, 0.25) is 0 Å². The lowest BCUT2D eigenvalue weighted by Crippen LogP contribution is -2.65. The minimum atomic E-state index is -0.827. The van der Waals surface area contributed by atoms with Gasteiger partial charge in [-0.15, -0.1) is 0 Å².